The van der Waals surface area contributed by atoms with Crippen LogP contribution in [0.3, 0.4) is 0 Å². The molecule has 5 nitrogen and oxygen atoms in total. The summed E-state index contributed by atoms with van der Waals surface area (Å²) >= 11 is 6.78. The number of rotatable bonds is 5. The van der Waals surface area contributed by atoms with Gasteiger partial charge >= 0.3 is 0 Å². The van der Waals surface area contributed by atoms with E-state index in [1.165, 1.54) is 32.4 Å². The second kappa shape index (κ2) is 8.02. The van der Waals surface area contributed by atoms with Crippen LogP contribution in [0.4, 0.5) is 9.18 Å². The minimum Gasteiger partial charge on any atom is -0.493 e. The Hall–Kier alpha value is -2.51. The number of methoxy groups -OCH3 is 2. The van der Waals surface area contributed by atoms with Crippen molar-refractivity contribution in [1.29, 1.82) is 0 Å². The molecule has 1 fully saturated rings. The molecule has 2 aromatic rings. The van der Waals surface area contributed by atoms with Crippen molar-refractivity contribution in [1.82, 2.24) is 4.90 Å². The minimum absolute atomic E-state index is 0.0988. The average molecular weight is 408 g/mol. The van der Waals surface area contributed by atoms with Crippen LogP contribution in [-0.4, -0.2) is 30.3 Å². The number of carbonyl (C=O) groups excluding carboxylic acids is 2. The Morgan fingerprint density at radius 3 is 2.56 bits per heavy atom. The smallest absolute Gasteiger partial charge is 0.293 e. The molecule has 0 N–H and O–H groups in total. The van der Waals surface area contributed by atoms with Gasteiger partial charge in [-0.1, -0.05) is 29.8 Å². The third-order valence-electron chi connectivity index (χ3n) is 3.97. The maximum Gasteiger partial charge on any atom is 0.293 e. The molecule has 3 rings (SSSR count). The zero-order chi connectivity index (χ0) is 19.6. The number of ether oxygens (including phenoxy) is 2. The monoisotopic (exact) mass is 407 g/mol. The number of halogens is 2. The maximum absolute atomic E-state index is 14.0. The van der Waals surface area contributed by atoms with Crippen molar-refractivity contribution in [3.05, 3.63) is 63.3 Å². The van der Waals surface area contributed by atoms with Crippen molar-refractivity contribution < 1.29 is 23.5 Å². The number of nitrogens with zero attached hydrogens (tertiary/aromatic N) is 1. The van der Waals surface area contributed by atoms with Gasteiger partial charge in [-0.2, -0.15) is 0 Å². The molecule has 0 atom stereocenters. The lowest BCUT2D eigenvalue weighted by atomic mass is 10.1. The van der Waals surface area contributed by atoms with Gasteiger partial charge in [0.25, 0.3) is 11.1 Å². The molecule has 0 radical (unpaired) electrons. The van der Waals surface area contributed by atoms with E-state index in [-0.39, 0.29) is 22.0 Å². The molecule has 140 valence electrons. The van der Waals surface area contributed by atoms with Crippen LogP contribution < -0.4 is 9.47 Å². The molecule has 1 heterocycles. The highest BCUT2D eigenvalue weighted by Crippen LogP contribution is 2.38. The number of carbonyl (C=O) groups is 2. The Kier molecular flexibility index (Phi) is 5.72. The number of hydrogen-bond acceptors (Lipinski definition) is 5. The van der Waals surface area contributed by atoms with E-state index in [1.807, 2.05) is 0 Å². The summed E-state index contributed by atoms with van der Waals surface area (Å²) in [5.74, 6) is -0.137. The van der Waals surface area contributed by atoms with E-state index in [4.69, 9.17) is 21.1 Å². The zero-order valence-corrected chi connectivity index (χ0v) is 16.1. The molecular weight excluding hydrogens is 393 g/mol. The summed E-state index contributed by atoms with van der Waals surface area (Å²) in [7, 11) is 2.99. The fourth-order valence-electron chi connectivity index (χ4n) is 2.64. The summed E-state index contributed by atoms with van der Waals surface area (Å²) < 4.78 is 24.6. The lowest BCUT2D eigenvalue weighted by molar-refractivity contribution is -0.123. The molecule has 0 unspecified atom stereocenters. The molecule has 0 aromatic heterocycles. The molecule has 0 saturated carbocycles. The summed E-state index contributed by atoms with van der Waals surface area (Å²) in [6, 6.07) is 9.42. The van der Waals surface area contributed by atoms with E-state index in [1.54, 1.807) is 24.3 Å². The van der Waals surface area contributed by atoms with Crippen LogP contribution in [-0.2, 0) is 11.3 Å². The van der Waals surface area contributed by atoms with Gasteiger partial charge in [0.2, 0.25) is 0 Å². The Labute approximate surface area is 164 Å². The summed E-state index contributed by atoms with van der Waals surface area (Å²) in [6.07, 6.45) is 1.55. The van der Waals surface area contributed by atoms with E-state index < -0.39 is 17.0 Å². The predicted octanol–water partition coefficient (Wildman–Crippen LogP) is 4.73. The Bertz CT molecular complexity index is 927. The van der Waals surface area contributed by atoms with Crippen molar-refractivity contribution in [2.75, 3.05) is 14.2 Å². The number of imide groups is 1. The van der Waals surface area contributed by atoms with Crippen LogP contribution in [0.2, 0.25) is 5.02 Å². The Morgan fingerprint density at radius 2 is 1.89 bits per heavy atom. The molecule has 27 heavy (non-hydrogen) atoms. The van der Waals surface area contributed by atoms with Gasteiger partial charge in [-0.15, -0.1) is 0 Å². The van der Waals surface area contributed by atoms with Crippen LogP contribution >= 0.6 is 23.4 Å². The topological polar surface area (TPSA) is 55.8 Å². The van der Waals surface area contributed by atoms with Crippen LogP contribution in [0.15, 0.2) is 41.3 Å². The van der Waals surface area contributed by atoms with Gasteiger partial charge in [0.05, 0.1) is 25.7 Å². The SMILES string of the molecule is COc1cccc(/C=C2\SC(=O)N(Cc3c(F)cccc3Cl)C2=O)c1OC. The van der Waals surface area contributed by atoms with E-state index in [0.29, 0.717) is 17.1 Å². The van der Waals surface area contributed by atoms with Crippen molar-refractivity contribution in [3.63, 3.8) is 0 Å². The molecule has 1 saturated heterocycles. The van der Waals surface area contributed by atoms with E-state index in [9.17, 15) is 14.0 Å². The van der Waals surface area contributed by atoms with Crippen molar-refractivity contribution in [3.8, 4) is 11.5 Å². The lowest BCUT2D eigenvalue weighted by Gasteiger charge is -2.14. The second-order valence-electron chi connectivity index (χ2n) is 5.55. The van der Waals surface area contributed by atoms with Gasteiger partial charge in [0, 0.05) is 16.1 Å². The molecule has 1 aliphatic rings. The van der Waals surface area contributed by atoms with Gasteiger partial charge in [0.1, 0.15) is 5.82 Å². The fraction of sp³-hybridized carbons (Fsp3) is 0.158. The second-order valence-corrected chi connectivity index (χ2v) is 6.95. The van der Waals surface area contributed by atoms with Gasteiger partial charge in [-0.3, -0.25) is 14.5 Å². The largest absolute Gasteiger partial charge is 0.493 e. The first-order valence-electron chi connectivity index (χ1n) is 7.85. The van der Waals surface area contributed by atoms with Crippen molar-refractivity contribution >= 4 is 40.6 Å². The third-order valence-corrected chi connectivity index (χ3v) is 5.23. The Morgan fingerprint density at radius 1 is 1.15 bits per heavy atom. The first-order chi connectivity index (χ1) is 13.0. The number of para-hydroxylation sites is 1. The molecule has 2 amide bonds. The summed E-state index contributed by atoms with van der Waals surface area (Å²) in [4.78, 5) is 26.1. The zero-order valence-electron chi connectivity index (χ0n) is 14.5. The van der Waals surface area contributed by atoms with Gasteiger partial charge in [0.15, 0.2) is 11.5 Å². The first-order valence-corrected chi connectivity index (χ1v) is 9.05. The van der Waals surface area contributed by atoms with Gasteiger partial charge in [-0.05, 0) is 36.0 Å². The summed E-state index contributed by atoms with van der Waals surface area (Å²) in [6.45, 7) is -0.233. The highest BCUT2D eigenvalue weighted by atomic mass is 35.5. The maximum atomic E-state index is 14.0. The molecular formula is C19H15ClFNO4S. The quantitative estimate of drug-likeness (QED) is 0.670. The molecule has 8 heteroatoms. The van der Waals surface area contributed by atoms with Crippen LogP contribution in [0, 0.1) is 5.82 Å². The van der Waals surface area contributed by atoms with E-state index in [2.05, 4.69) is 0 Å². The number of amides is 2. The van der Waals surface area contributed by atoms with Crippen molar-refractivity contribution in [2.24, 2.45) is 0 Å². The van der Waals surface area contributed by atoms with Gasteiger partial charge in [-0.25, -0.2) is 4.39 Å². The lowest BCUT2D eigenvalue weighted by Crippen LogP contribution is -2.28. The van der Waals surface area contributed by atoms with Crippen LogP contribution in [0.1, 0.15) is 11.1 Å². The normalized spacial score (nSPS) is 15.6. The van der Waals surface area contributed by atoms with Gasteiger partial charge < -0.3 is 9.47 Å². The molecule has 0 bridgehead atoms. The van der Waals surface area contributed by atoms with Crippen molar-refractivity contribution in [2.45, 2.75) is 6.54 Å². The minimum atomic E-state index is -0.569. The molecule has 0 spiro atoms. The highest BCUT2D eigenvalue weighted by Gasteiger charge is 2.36. The average Bonchev–Trinajstić information content (AvgIpc) is 2.91. The number of hydrogen-bond donors (Lipinski definition) is 0. The van der Waals surface area contributed by atoms with E-state index >= 15 is 0 Å². The predicted molar refractivity (Wildman–Crippen MR) is 102 cm³/mol. The number of benzene rings is 2. The Balaban J connectivity index is 1.92. The molecule has 1 aliphatic heterocycles. The van der Waals surface area contributed by atoms with Crippen LogP contribution in [0.25, 0.3) is 6.08 Å². The highest BCUT2D eigenvalue weighted by molar-refractivity contribution is 8.18. The fourth-order valence-corrected chi connectivity index (χ4v) is 3.70. The molecule has 0 aliphatic carbocycles. The summed E-state index contributed by atoms with van der Waals surface area (Å²) in [5, 5.41) is -0.333. The number of thioether (sulfide) groups is 1. The standard InChI is InChI=1S/C19H15ClFNO4S/c1-25-15-8-3-5-11(17(15)26-2)9-16-18(23)22(19(24)27-16)10-12-13(20)6-4-7-14(12)21/h3-9H,10H2,1-2H3/b16-9-. The van der Waals surface area contributed by atoms with E-state index in [0.717, 1.165) is 16.7 Å². The molecule has 2 aromatic carbocycles. The summed E-state index contributed by atoms with van der Waals surface area (Å²) in [5.41, 5.74) is 0.688. The first kappa shape index (κ1) is 19.3. The third kappa shape index (κ3) is 3.79. The van der Waals surface area contributed by atoms with Crippen LogP contribution in [0.5, 0.6) is 11.5 Å².